The van der Waals surface area contributed by atoms with Crippen LogP contribution in [0.4, 0.5) is 13.2 Å². The molecular weight excluding hydrogens is 503 g/mol. The van der Waals surface area contributed by atoms with Gasteiger partial charge in [-0.1, -0.05) is 48.5 Å². The summed E-state index contributed by atoms with van der Waals surface area (Å²) in [4.78, 5) is 32.4. The van der Waals surface area contributed by atoms with Crippen molar-refractivity contribution < 1.29 is 22.8 Å². The highest BCUT2D eigenvalue weighted by Crippen LogP contribution is 2.30. The van der Waals surface area contributed by atoms with Crippen LogP contribution in [0.3, 0.4) is 0 Å². The van der Waals surface area contributed by atoms with E-state index in [9.17, 15) is 22.8 Å². The number of carbonyl (C=O) groups excluding carboxylic acids is 2. The van der Waals surface area contributed by atoms with Crippen LogP contribution < -0.4 is 0 Å². The standard InChI is InChI=1S/C31H28F3N3O2/c32-26-18-22(19-27(33)29(26)34)30(38)36-11-9-23(10-12-36)35-13-15-37(16-14-35)31(39)28-24-7-3-1-5-20(24)17-21-6-2-4-8-25(21)28/h1-8,17-19,23H,9-16H2. The van der Waals surface area contributed by atoms with Crippen molar-refractivity contribution in [1.29, 1.82) is 0 Å². The SMILES string of the molecule is O=C(c1cc(F)c(F)c(F)c1)N1CCC(N2CCN(C(=O)c3c4ccccc4cc4ccccc34)CC2)CC1. The van der Waals surface area contributed by atoms with E-state index < -0.39 is 23.4 Å². The fraction of sp³-hybridized carbons (Fsp3) is 0.290. The molecule has 0 saturated carbocycles. The maximum atomic E-state index is 13.8. The highest BCUT2D eigenvalue weighted by Gasteiger charge is 2.32. The van der Waals surface area contributed by atoms with Gasteiger partial charge >= 0.3 is 0 Å². The molecular formula is C31H28F3N3O2. The molecule has 200 valence electrons. The number of hydrogen-bond acceptors (Lipinski definition) is 3. The van der Waals surface area contributed by atoms with Crippen molar-refractivity contribution in [3.8, 4) is 0 Å². The third-order valence-corrected chi connectivity index (χ3v) is 8.09. The first kappa shape index (κ1) is 25.4. The third-order valence-electron chi connectivity index (χ3n) is 8.09. The Balaban J connectivity index is 1.10. The lowest BCUT2D eigenvalue weighted by molar-refractivity contribution is 0.0413. The van der Waals surface area contributed by atoms with Crippen LogP contribution in [0.15, 0.2) is 66.7 Å². The van der Waals surface area contributed by atoms with E-state index in [1.165, 1.54) is 0 Å². The van der Waals surface area contributed by atoms with Crippen molar-refractivity contribution >= 4 is 33.4 Å². The zero-order valence-electron chi connectivity index (χ0n) is 21.4. The number of piperazine rings is 1. The quantitative estimate of drug-likeness (QED) is 0.260. The van der Waals surface area contributed by atoms with E-state index in [1.54, 1.807) is 4.90 Å². The van der Waals surface area contributed by atoms with Gasteiger partial charge in [0.25, 0.3) is 11.8 Å². The second-order valence-electron chi connectivity index (χ2n) is 10.3. The van der Waals surface area contributed by atoms with Gasteiger partial charge in [-0.25, -0.2) is 13.2 Å². The molecule has 0 radical (unpaired) electrons. The maximum absolute atomic E-state index is 13.8. The summed E-state index contributed by atoms with van der Waals surface area (Å²) in [5, 5.41) is 4.01. The first-order valence-corrected chi connectivity index (χ1v) is 13.3. The largest absolute Gasteiger partial charge is 0.339 e. The number of nitrogens with zero attached hydrogens (tertiary/aromatic N) is 3. The molecule has 2 heterocycles. The number of amides is 2. The topological polar surface area (TPSA) is 43.9 Å². The minimum atomic E-state index is -1.57. The molecule has 2 fully saturated rings. The van der Waals surface area contributed by atoms with E-state index in [0.717, 1.165) is 65.2 Å². The molecule has 0 atom stereocenters. The molecule has 4 aromatic carbocycles. The molecule has 0 aliphatic carbocycles. The number of hydrogen-bond donors (Lipinski definition) is 0. The molecule has 4 aromatic rings. The van der Waals surface area contributed by atoms with Gasteiger partial charge in [0.2, 0.25) is 0 Å². The lowest BCUT2D eigenvalue weighted by Gasteiger charge is -2.43. The average Bonchev–Trinajstić information content (AvgIpc) is 2.98. The minimum absolute atomic E-state index is 0.0434. The summed E-state index contributed by atoms with van der Waals surface area (Å²) in [6, 6.07) is 19.9. The summed E-state index contributed by atoms with van der Waals surface area (Å²) in [6.07, 6.45) is 1.44. The fourth-order valence-corrected chi connectivity index (χ4v) is 5.99. The summed E-state index contributed by atoms with van der Waals surface area (Å²) in [5.41, 5.74) is 0.565. The van der Waals surface area contributed by atoms with E-state index >= 15 is 0 Å². The molecule has 2 amide bonds. The van der Waals surface area contributed by atoms with Crippen molar-refractivity contribution in [3.63, 3.8) is 0 Å². The fourth-order valence-electron chi connectivity index (χ4n) is 5.99. The lowest BCUT2D eigenvalue weighted by atomic mass is 9.95. The molecule has 2 saturated heterocycles. The molecule has 0 N–H and O–H groups in total. The van der Waals surface area contributed by atoms with Crippen molar-refractivity contribution in [1.82, 2.24) is 14.7 Å². The second kappa shape index (κ2) is 10.3. The number of likely N-dealkylation sites (tertiary alicyclic amines) is 1. The van der Waals surface area contributed by atoms with E-state index in [0.29, 0.717) is 26.2 Å². The highest BCUT2D eigenvalue weighted by molar-refractivity contribution is 6.18. The maximum Gasteiger partial charge on any atom is 0.255 e. The van der Waals surface area contributed by atoms with Crippen LogP contribution in [0.1, 0.15) is 33.6 Å². The zero-order chi connectivity index (χ0) is 27.1. The van der Waals surface area contributed by atoms with E-state index in [4.69, 9.17) is 0 Å². The van der Waals surface area contributed by atoms with Crippen LogP contribution in [0.25, 0.3) is 21.5 Å². The minimum Gasteiger partial charge on any atom is -0.339 e. The molecule has 5 nitrogen and oxygen atoms in total. The summed E-state index contributed by atoms with van der Waals surface area (Å²) in [7, 11) is 0. The summed E-state index contributed by atoms with van der Waals surface area (Å²) >= 11 is 0. The normalized spacial score (nSPS) is 17.2. The summed E-state index contributed by atoms with van der Waals surface area (Å²) in [5.74, 6) is -4.75. The summed E-state index contributed by atoms with van der Waals surface area (Å²) in [6.45, 7) is 3.60. The van der Waals surface area contributed by atoms with Gasteiger partial charge in [0.15, 0.2) is 17.5 Å². The van der Waals surface area contributed by atoms with E-state index in [-0.39, 0.29) is 17.5 Å². The first-order valence-electron chi connectivity index (χ1n) is 13.3. The van der Waals surface area contributed by atoms with Crippen LogP contribution in [-0.2, 0) is 0 Å². The van der Waals surface area contributed by atoms with Crippen LogP contribution in [0.5, 0.6) is 0 Å². The van der Waals surface area contributed by atoms with E-state index in [1.807, 2.05) is 53.4 Å². The molecule has 0 aromatic heterocycles. The third kappa shape index (κ3) is 4.74. The van der Waals surface area contributed by atoms with Crippen LogP contribution in [0, 0.1) is 17.5 Å². The number of carbonyl (C=O) groups is 2. The Morgan fingerprint density at radius 3 is 1.72 bits per heavy atom. The van der Waals surface area contributed by atoms with Gasteiger partial charge in [-0.05, 0) is 52.6 Å². The number of fused-ring (bicyclic) bond motifs is 2. The Morgan fingerprint density at radius 1 is 0.641 bits per heavy atom. The molecule has 0 spiro atoms. The Labute approximate surface area is 224 Å². The predicted molar refractivity (Wildman–Crippen MR) is 144 cm³/mol. The van der Waals surface area contributed by atoms with Crippen LogP contribution in [0.2, 0.25) is 0 Å². The van der Waals surface area contributed by atoms with Gasteiger partial charge in [-0.15, -0.1) is 0 Å². The molecule has 8 heteroatoms. The van der Waals surface area contributed by atoms with Gasteiger partial charge in [0.1, 0.15) is 0 Å². The number of benzene rings is 4. The average molecular weight is 532 g/mol. The summed E-state index contributed by atoms with van der Waals surface area (Å²) < 4.78 is 40.5. The highest BCUT2D eigenvalue weighted by atomic mass is 19.2. The number of halogens is 3. The molecule has 2 aliphatic rings. The Hall–Kier alpha value is -3.91. The van der Waals surface area contributed by atoms with Crippen molar-refractivity contribution in [3.05, 3.63) is 95.3 Å². The molecule has 2 aliphatic heterocycles. The Kier molecular flexibility index (Phi) is 6.73. The van der Waals surface area contributed by atoms with Crippen molar-refractivity contribution in [2.24, 2.45) is 0 Å². The van der Waals surface area contributed by atoms with E-state index in [2.05, 4.69) is 11.0 Å². The van der Waals surface area contributed by atoms with Gasteiger partial charge in [0, 0.05) is 50.9 Å². The number of piperidine rings is 1. The van der Waals surface area contributed by atoms with Gasteiger partial charge in [-0.2, -0.15) is 0 Å². The van der Waals surface area contributed by atoms with Crippen LogP contribution in [-0.4, -0.2) is 71.8 Å². The predicted octanol–water partition coefficient (Wildman–Crippen LogP) is 5.47. The second-order valence-corrected chi connectivity index (χ2v) is 10.3. The first-order chi connectivity index (χ1) is 18.9. The lowest BCUT2D eigenvalue weighted by Crippen LogP contribution is -2.54. The Bertz CT molecular complexity index is 1500. The number of rotatable bonds is 3. The molecule has 6 rings (SSSR count). The Morgan fingerprint density at radius 2 is 1.15 bits per heavy atom. The van der Waals surface area contributed by atoms with Crippen molar-refractivity contribution in [2.75, 3.05) is 39.3 Å². The van der Waals surface area contributed by atoms with Gasteiger partial charge in [0.05, 0.1) is 5.56 Å². The molecule has 39 heavy (non-hydrogen) atoms. The zero-order valence-corrected chi connectivity index (χ0v) is 21.4. The molecule has 0 bridgehead atoms. The van der Waals surface area contributed by atoms with Gasteiger partial charge in [-0.3, -0.25) is 14.5 Å². The molecule has 0 unspecified atom stereocenters. The van der Waals surface area contributed by atoms with Gasteiger partial charge < -0.3 is 9.80 Å². The monoisotopic (exact) mass is 531 g/mol. The smallest absolute Gasteiger partial charge is 0.255 e. The van der Waals surface area contributed by atoms with Crippen LogP contribution >= 0.6 is 0 Å². The van der Waals surface area contributed by atoms with Crippen molar-refractivity contribution in [2.45, 2.75) is 18.9 Å².